The lowest BCUT2D eigenvalue weighted by Crippen LogP contribution is -2.41. The molecule has 0 saturated carbocycles. The lowest BCUT2D eigenvalue weighted by Gasteiger charge is -2.26. The van der Waals surface area contributed by atoms with Crippen molar-refractivity contribution >= 4 is 43.0 Å². The summed E-state index contributed by atoms with van der Waals surface area (Å²) in [5, 5.41) is 0.467. The maximum Gasteiger partial charge on any atom is 0.406 e. The Morgan fingerprint density at radius 3 is 2.55 bits per heavy atom. The van der Waals surface area contributed by atoms with E-state index in [4.69, 9.17) is 16.3 Å². The van der Waals surface area contributed by atoms with E-state index in [-0.39, 0.29) is 24.2 Å². The minimum Gasteiger partial charge on any atom is -0.489 e. The summed E-state index contributed by atoms with van der Waals surface area (Å²) in [4.78, 5) is 30.0. The van der Waals surface area contributed by atoms with Crippen LogP contribution in [0.25, 0.3) is 21.3 Å². The van der Waals surface area contributed by atoms with Gasteiger partial charge >= 0.3 is 11.9 Å². The quantitative estimate of drug-likeness (QED) is 0.309. The number of alkyl halides is 3. The third kappa shape index (κ3) is 6.11. The van der Waals surface area contributed by atoms with E-state index < -0.39 is 33.8 Å². The van der Waals surface area contributed by atoms with Crippen LogP contribution in [0, 0.1) is 6.92 Å². The Hall–Kier alpha value is -3.16. The Morgan fingerprint density at radius 1 is 1.12 bits per heavy atom. The molecule has 1 saturated heterocycles. The third-order valence-corrected chi connectivity index (χ3v) is 9.66. The van der Waals surface area contributed by atoms with E-state index in [1.165, 1.54) is 11.3 Å². The van der Waals surface area contributed by atoms with Crippen LogP contribution in [0.1, 0.15) is 23.3 Å². The fourth-order valence-corrected chi connectivity index (χ4v) is 7.54. The number of benzene rings is 1. The van der Waals surface area contributed by atoms with Crippen LogP contribution >= 0.6 is 22.9 Å². The minimum absolute atomic E-state index is 0.0525. The number of thiophene rings is 1. The van der Waals surface area contributed by atoms with E-state index >= 15 is 0 Å². The standard InChI is InChI=1S/C26H23ClF3N3O5S2/c1-15-10-16(27)11-20(23(15)38-17-4-8-40(36,37)9-5-17)19-2-6-31-21-12-18(39-24(19)21)13-33-22(34)3-7-32(25(33)35)14-26(28,29)30/h2-3,6-7,10-12,17H,4-5,8-9,13-14H2,1H3. The van der Waals surface area contributed by atoms with Crippen molar-refractivity contribution in [2.45, 2.75) is 45.1 Å². The molecular weight excluding hydrogens is 591 g/mol. The van der Waals surface area contributed by atoms with Crippen LogP contribution in [0.5, 0.6) is 5.75 Å². The maximum atomic E-state index is 12.9. The molecule has 0 N–H and O–H groups in total. The molecule has 0 unspecified atom stereocenters. The molecule has 212 valence electrons. The van der Waals surface area contributed by atoms with Crippen LogP contribution in [-0.4, -0.2) is 46.3 Å². The zero-order valence-corrected chi connectivity index (χ0v) is 23.5. The SMILES string of the molecule is Cc1cc(Cl)cc(-c2ccnc3cc(Cn4c(=O)ccn(CC(F)(F)F)c4=O)sc23)c1OC1CCS(=O)(=O)CC1. The van der Waals surface area contributed by atoms with Gasteiger partial charge in [0.2, 0.25) is 0 Å². The minimum atomic E-state index is -4.62. The molecule has 0 bridgehead atoms. The Labute approximate surface area is 235 Å². The fraction of sp³-hybridized carbons (Fsp3) is 0.346. The predicted octanol–water partition coefficient (Wildman–Crippen LogP) is 4.82. The van der Waals surface area contributed by atoms with Gasteiger partial charge < -0.3 is 4.74 Å². The van der Waals surface area contributed by atoms with Gasteiger partial charge in [-0.05, 0) is 49.6 Å². The summed E-state index contributed by atoms with van der Waals surface area (Å²) in [5.41, 5.74) is 0.933. The summed E-state index contributed by atoms with van der Waals surface area (Å²) in [5.74, 6) is 0.666. The summed E-state index contributed by atoms with van der Waals surface area (Å²) < 4.78 is 70.7. The number of halogens is 4. The van der Waals surface area contributed by atoms with Crippen molar-refractivity contribution in [3.8, 4) is 16.9 Å². The Bertz CT molecular complexity index is 1820. The molecule has 1 aromatic carbocycles. The first kappa shape index (κ1) is 28.4. The van der Waals surface area contributed by atoms with Gasteiger partial charge in [0.15, 0.2) is 9.84 Å². The number of rotatable bonds is 6. The average Bonchev–Trinajstić information content (AvgIpc) is 3.28. The van der Waals surface area contributed by atoms with Crippen molar-refractivity contribution in [1.29, 1.82) is 0 Å². The lowest BCUT2D eigenvalue weighted by molar-refractivity contribution is -0.141. The molecule has 3 aromatic heterocycles. The van der Waals surface area contributed by atoms with Crippen molar-refractivity contribution in [3.63, 3.8) is 0 Å². The summed E-state index contributed by atoms with van der Waals surface area (Å²) >= 11 is 7.65. The predicted molar refractivity (Wildman–Crippen MR) is 147 cm³/mol. The average molecular weight is 614 g/mol. The van der Waals surface area contributed by atoms with Gasteiger partial charge in [0.25, 0.3) is 5.56 Å². The first-order valence-corrected chi connectivity index (χ1v) is 15.2. The molecule has 1 fully saturated rings. The molecule has 0 radical (unpaired) electrons. The topological polar surface area (TPSA) is 100 Å². The van der Waals surface area contributed by atoms with E-state index in [1.54, 1.807) is 30.5 Å². The second-order valence-electron chi connectivity index (χ2n) is 9.62. The van der Waals surface area contributed by atoms with Crippen molar-refractivity contribution in [2.75, 3.05) is 11.5 Å². The molecule has 5 rings (SSSR count). The summed E-state index contributed by atoms with van der Waals surface area (Å²) in [6, 6.07) is 7.89. The van der Waals surface area contributed by atoms with Crippen LogP contribution in [0.3, 0.4) is 0 Å². The van der Waals surface area contributed by atoms with Gasteiger partial charge in [-0.2, -0.15) is 13.2 Å². The van der Waals surface area contributed by atoms with E-state index in [0.29, 0.717) is 48.8 Å². The number of aryl methyl sites for hydroxylation is 1. The molecular formula is C26H23ClF3N3O5S2. The van der Waals surface area contributed by atoms with E-state index in [1.807, 2.05) is 6.92 Å². The number of hydrogen-bond acceptors (Lipinski definition) is 7. The van der Waals surface area contributed by atoms with Crippen LogP contribution < -0.4 is 16.0 Å². The van der Waals surface area contributed by atoms with Crippen molar-refractivity contribution < 1.29 is 26.3 Å². The molecule has 8 nitrogen and oxygen atoms in total. The number of ether oxygens (including phenoxy) is 1. The van der Waals surface area contributed by atoms with E-state index in [2.05, 4.69) is 4.98 Å². The van der Waals surface area contributed by atoms with Crippen LogP contribution in [0.15, 0.2) is 52.3 Å². The fourth-order valence-electron chi connectivity index (χ4n) is 4.69. The van der Waals surface area contributed by atoms with Gasteiger partial charge in [0, 0.05) is 39.5 Å². The Morgan fingerprint density at radius 2 is 1.85 bits per heavy atom. The Kier molecular flexibility index (Phi) is 7.57. The van der Waals surface area contributed by atoms with Gasteiger partial charge in [0.1, 0.15) is 18.4 Å². The van der Waals surface area contributed by atoms with Crippen molar-refractivity contribution in [3.05, 3.63) is 79.0 Å². The number of aromatic nitrogens is 3. The first-order valence-electron chi connectivity index (χ1n) is 12.2. The highest BCUT2D eigenvalue weighted by Gasteiger charge is 2.29. The lowest BCUT2D eigenvalue weighted by atomic mass is 10.0. The largest absolute Gasteiger partial charge is 0.489 e. The molecule has 0 atom stereocenters. The van der Waals surface area contributed by atoms with Crippen LogP contribution in [-0.2, 0) is 22.9 Å². The maximum absolute atomic E-state index is 12.9. The molecule has 4 heterocycles. The number of fused-ring (bicyclic) bond motifs is 1. The summed E-state index contributed by atoms with van der Waals surface area (Å²) in [6.07, 6.45) is -1.74. The first-order chi connectivity index (χ1) is 18.8. The zero-order valence-electron chi connectivity index (χ0n) is 21.1. The number of pyridine rings is 1. The van der Waals surface area contributed by atoms with Gasteiger partial charge in [0.05, 0.1) is 28.3 Å². The van der Waals surface area contributed by atoms with Crippen molar-refractivity contribution in [2.24, 2.45) is 0 Å². The number of nitrogens with zero attached hydrogens (tertiary/aromatic N) is 3. The van der Waals surface area contributed by atoms with Gasteiger partial charge in [-0.25, -0.2) is 13.2 Å². The van der Waals surface area contributed by atoms with Crippen molar-refractivity contribution in [1.82, 2.24) is 14.1 Å². The normalized spacial score (nSPS) is 15.9. The number of hydrogen-bond donors (Lipinski definition) is 0. The van der Waals surface area contributed by atoms with Crippen LogP contribution in [0.4, 0.5) is 13.2 Å². The third-order valence-electron chi connectivity index (χ3n) is 6.58. The van der Waals surface area contributed by atoms with Gasteiger partial charge in [-0.3, -0.25) is 18.9 Å². The second kappa shape index (κ2) is 10.7. The number of sulfone groups is 1. The van der Waals surface area contributed by atoms with Crippen LogP contribution in [0.2, 0.25) is 5.02 Å². The van der Waals surface area contributed by atoms with E-state index in [9.17, 15) is 31.2 Å². The van der Waals surface area contributed by atoms with E-state index in [0.717, 1.165) is 28.0 Å². The van der Waals surface area contributed by atoms with Gasteiger partial charge in [-0.15, -0.1) is 11.3 Å². The highest BCUT2D eigenvalue weighted by Crippen LogP contribution is 2.42. The summed E-state index contributed by atoms with van der Waals surface area (Å²) in [7, 11) is -3.07. The molecule has 1 aliphatic heterocycles. The molecule has 0 spiro atoms. The second-order valence-corrected chi connectivity index (χ2v) is 13.5. The molecule has 4 aromatic rings. The monoisotopic (exact) mass is 613 g/mol. The Balaban J connectivity index is 1.53. The molecule has 40 heavy (non-hydrogen) atoms. The molecule has 0 aliphatic carbocycles. The highest BCUT2D eigenvalue weighted by molar-refractivity contribution is 7.91. The highest BCUT2D eigenvalue weighted by atomic mass is 35.5. The summed E-state index contributed by atoms with van der Waals surface area (Å²) in [6.45, 7) is 0.107. The molecule has 1 aliphatic rings. The smallest absolute Gasteiger partial charge is 0.406 e. The molecule has 0 amide bonds. The zero-order chi connectivity index (χ0) is 28.8. The molecule has 14 heteroatoms. The van der Waals surface area contributed by atoms with Gasteiger partial charge in [-0.1, -0.05) is 11.6 Å².